The number of rotatable bonds is 4. The number of benzene rings is 1. The van der Waals surface area contributed by atoms with Gasteiger partial charge in [0.2, 0.25) is 0 Å². The van der Waals surface area contributed by atoms with E-state index >= 15 is 0 Å². The van der Waals surface area contributed by atoms with E-state index < -0.39 is 5.97 Å². The van der Waals surface area contributed by atoms with Gasteiger partial charge < -0.3 is 10.0 Å². The molecule has 1 aromatic rings. The Bertz CT molecular complexity index is 440. The zero-order valence-electron chi connectivity index (χ0n) is 8.77. The van der Waals surface area contributed by atoms with E-state index in [-0.39, 0.29) is 6.42 Å². The summed E-state index contributed by atoms with van der Waals surface area (Å²) >= 11 is 5.76. The molecule has 0 aromatic heterocycles. The maximum absolute atomic E-state index is 10.4. The number of aliphatic carboxylic acids is 1. The Hall–Kier alpha value is -1.73. The van der Waals surface area contributed by atoms with Crippen LogP contribution in [0.5, 0.6) is 0 Å². The van der Waals surface area contributed by atoms with E-state index in [1.807, 2.05) is 6.07 Å². The quantitative estimate of drug-likeness (QED) is 0.873. The van der Waals surface area contributed by atoms with Crippen molar-refractivity contribution in [3.63, 3.8) is 0 Å². The van der Waals surface area contributed by atoms with Gasteiger partial charge in [-0.25, -0.2) is 0 Å². The molecule has 0 aliphatic heterocycles. The van der Waals surface area contributed by atoms with Gasteiger partial charge in [-0.05, 0) is 18.2 Å². The fourth-order valence-electron chi connectivity index (χ4n) is 1.31. The molecule has 0 aliphatic rings. The van der Waals surface area contributed by atoms with Crippen LogP contribution in [0.3, 0.4) is 0 Å². The molecular weight excluding hydrogens is 228 g/mol. The lowest BCUT2D eigenvalue weighted by Gasteiger charge is -2.19. The summed E-state index contributed by atoms with van der Waals surface area (Å²) in [7, 11) is 1.74. The second kappa shape index (κ2) is 5.38. The van der Waals surface area contributed by atoms with Gasteiger partial charge in [0.25, 0.3) is 0 Å². The van der Waals surface area contributed by atoms with Crippen molar-refractivity contribution in [2.45, 2.75) is 6.42 Å². The summed E-state index contributed by atoms with van der Waals surface area (Å²) in [5, 5.41) is 18.0. The van der Waals surface area contributed by atoms with Crippen molar-refractivity contribution in [2.24, 2.45) is 0 Å². The lowest BCUT2D eigenvalue weighted by atomic mass is 10.2. The smallest absolute Gasteiger partial charge is 0.305 e. The maximum Gasteiger partial charge on any atom is 0.305 e. The van der Waals surface area contributed by atoms with Crippen molar-refractivity contribution in [1.29, 1.82) is 5.26 Å². The van der Waals surface area contributed by atoms with Crippen molar-refractivity contribution in [1.82, 2.24) is 0 Å². The highest BCUT2D eigenvalue weighted by Crippen LogP contribution is 2.22. The SMILES string of the molecule is CN(CCC(=O)O)c1ccc(Cl)cc1C#N. The van der Waals surface area contributed by atoms with E-state index in [9.17, 15) is 4.79 Å². The van der Waals surface area contributed by atoms with Crippen LogP contribution in [0.15, 0.2) is 18.2 Å². The van der Waals surface area contributed by atoms with E-state index in [2.05, 4.69) is 0 Å². The van der Waals surface area contributed by atoms with Gasteiger partial charge in [-0.3, -0.25) is 4.79 Å². The number of carboxylic acid groups (broad SMARTS) is 1. The summed E-state index contributed by atoms with van der Waals surface area (Å²) < 4.78 is 0. The zero-order chi connectivity index (χ0) is 12.1. The number of anilines is 1. The minimum absolute atomic E-state index is 0.0317. The highest BCUT2D eigenvalue weighted by molar-refractivity contribution is 6.30. The average Bonchev–Trinajstić information content (AvgIpc) is 2.25. The molecule has 1 aromatic carbocycles. The highest BCUT2D eigenvalue weighted by atomic mass is 35.5. The summed E-state index contributed by atoms with van der Waals surface area (Å²) in [4.78, 5) is 12.2. The van der Waals surface area contributed by atoms with E-state index in [0.717, 1.165) is 0 Å². The van der Waals surface area contributed by atoms with E-state index in [0.29, 0.717) is 22.8 Å². The number of hydrogen-bond acceptors (Lipinski definition) is 3. The minimum Gasteiger partial charge on any atom is -0.481 e. The molecule has 0 saturated carbocycles. The van der Waals surface area contributed by atoms with Crippen LogP contribution in [-0.4, -0.2) is 24.7 Å². The third kappa shape index (κ3) is 3.14. The number of halogens is 1. The summed E-state index contributed by atoms with van der Waals surface area (Å²) in [6.07, 6.45) is 0.0317. The lowest BCUT2D eigenvalue weighted by Crippen LogP contribution is -2.21. The third-order valence-corrected chi connectivity index (χ3v) is 2.39. The first-order valence-corrected chi connectivity index (χ1v) is 5.05. The van der Waals surface area contributed by atoms with Crippen LogP contribution in [0.25, 0.3) is 0 Å². The van der Waals surface area contributed by atoms with Crippen molar-refractivity contribution < 1.29 is 9.90 Å². The molecule has 1 rings (SSSR count). The van der Waals surface area contributed by atoms with E-state index in [4.69, 9.17) is 22.0 Å². The molecule has 5 heteroatoms. The van der Waals surface area contributed by atoms with Gasteiger partial charge in [0.15, 0.2) is 0 Å². The van der Waals surface area contributed by atoms with Crippen LogP contribution in [0.2, 0.25) is 5.02 Å². The number of carbonyl (C=O) groups is 1. The number of nitrogens with zero attached hydrogens (tertiary/aromatic N) is 2. The normalized spacial score (nSPS) is 9.56. The molecule has 4 nitrogen and oxygen atoms in total. The van der Waals surface area contributed by atoms with Crippen LogP contribution < -0.4 is 4.90 Å². The molecule has 0 fully saturated rings. The Morgan fingerprint density at radius 1 is 1.62 bits per heavy atom. The molecule has 0 unspecified atom stereocenters. The Kier molecular flexibility index (Phi) is 4.15. The van der Waals surface area contributed by atoms with Crippen molar-refractivity contribution in [2.75, 3.05) is 18.5 Å². The fraction of sp³-hybridized carbons (Fsp3) is 0.273. The van der Waals surface area contributed by atoms with Crippen molar-refractivity contribution >= 4 is 23.3 Å². The van der Waals surface area contributed by atoms with Crippen LogP contribution in [0.1, 0.15) is 12.0 Å². The Morgan fingerprint density at radius 3 is 2.88 bits per heavy atom. The third-order valence-electron chi connectivity index (χ3n) is 2.15. The van der Waals surface area contributed by atoms with E-state index in [1.54, 1.807) is 30.1 Å². The summed E-state index contributed by atoms with van der Waals surface area (Å²) in [6, 6.07) is 6.98. The van der Waals surface area contributed by atoms with Gasteiger partial charge in [0.1, 0.15) is 6.07 Å². The standard InChI is InChI=1S/C11H11ClN2O2/c1-14(5-4-11(15)16)10-3-2-9(12)6-8(10)7-13/h2-3,6H,4-5H2,1H3,(H,15,16). The average molecular weight is 239 g/mol. The van der Waals surface area contributed by atoms with Crippen LogP contribution in [0.4, 0.5) is 5.69 Å². The predicted octanol–water partition coefficient (Wildman–Crippen LogP) is 2.12. The second-order valence-corrected chi connectivity index (χ2v) is 3.78. The molecular formula is C11H11ClN2O2. The molecule has 84 valence electrons. The molecule has 0 aliphatic carbocycles. The largest absolute Gasteiger partial charge is 0.481 e. The van der Waals surface area contributed by atoms with Crippen LogP contribution in [0, 0.1) is 11.3 Å². The van der Waals surface area contributed by atoms with Gasteiger partial charge in [0.05, 0.1) is 17.7 Å². The maximum atomic E-state index is 10.4. The van der Waals surface area contributed by atoms with Gasteiger partial charge >= 0.3 is 5.97 Å². The van der Waals surface area contributed by atoms with Gasteiger partial charge in [0, 0.05) is 18.6 Å². The topological polar surface area (TPSA) is 64.3 Å². The van der Waals surface area contributed by atoms with Crippen LogP contribution >= 0.6 is 11.6 Å². The fourth-order valence-corrected chi connectivity index (χ4v) is 1.49. The molecule has 0 bridgehead atoms. The predicted molar refractivity (Wildman–Crippen MR) is 61.7 cm³/mol. The lowest BCUT2D eigenvalue weighted by molar-refractivity contribution is -0.136. The number of carboxylic acids is 1. The second-order valence-electron chi connectivity index (χ2n) is 3.34. The molecule has 0 atom stereocenters. The molecule has 0 heterocycles. The minimum atomic E-state index is -0.862. The van der Waals surface area contributed by atoms with Gasteiger partial charge in [-0.1, -0.05) is 11.6 Å². The summed E-state index contributed by atoms with van der Waals surface area (Å²) in [6.45, 7) is 0.353. The Morgan fingerprint density at radius 2 is 2.31 bits per heavy atom. The van der Waals surface area contributed by atoms with Gasteiger partial charge in [-0.2, -0.15) is 5.26 Å². The molecule has 16 heavy (non-hydrogen) atoms. The highest BCUT2D eigenvalue weighted by Gasteiger charge is 2.09. The summed E-state index contributed by atoms with van der Waals surface area (Å²) in [5.74, 6) is -0.862. The zero-order valence-corrected chi connectivity index (χ0v) is 9.53. The number of hydrogen-bond donors (Lipinski definition) is 1. The number of nitriles is 1. The first-order chi connectivity index (χ1) is 7.54. The molecule has 0 amide bonds. The molecule has 0 spiro atoms. The van der Waals surface area contributed by atoms with Gasteiger partial charge in [-0.15, -0.1) is 0 Å². The monoisotopic (exact) mass is 238 g/mol. The first-order valence-electron chi connectivity index (χ1n) is 4.67. The van der Waals surface area contributed by atoms with Crippen molar-refractivity contribution in [3.05, 3.63) is 28.8 Å². The van der Waals surface area contributed by atoms with Crippen molar-refractivity contribution in [3.8, 4) is 6.07 Å². The molecule has 0 saturated heterocycles. The Labute approximate surface area is 98.7 Å². The Balaban J connectivity index is 2.87. The van der Waals surface area contributed by atoms with E-state index in [1.165, 1.54) is 0 Å². The summed E-state index contributed by atoms with van der Waals surface area (Å²) in [5.41, 5.74) is 1.13. The first kappa shape index (κ1) is 12.3. The van der Waals surface area contributed by atoms with Crippen LogP contribution in [-0.2, 0) is 4.79 Å². The molecule has 0 radical (unpaired) electrons. The molecule has 1 N–H and O–H groups in total.